The smallest absolute Gasteiger partial charge is 0.229 e. The van der Waals surface area contributed by atoms with E-state index in [1.807, 2.05) is 19.1 Å². The number of aromatic nitrogens is 2. The van der Waals surface area contributed by atoms with E-state index < -0.39 is 15.1 Å². The summed E-state index contributed by atoms with van der Waals surface area (Å²) in [4.78, 5) is 8.93. The molecule has 0 aliphatic carbocycles. The molecule has 2 N–H and O–H groups in total. The molecule has 3 aromatic rings. The fourth-order valence-electron chi connectivity index (χ4n) is 3.43. The molecule has 0 saturated heterocycles. The summed E-state index contributed by atoms with van der Waals surface area (Å²) in [5.41, 5.74) is 3.43. The van der Waals surface area contributed by atoms with E-state index in [0.717, 1.165) is 11.3 Å². The second kappa shape index (κ2) is 9.97. The molecular formula is C24H29ClN4O3S. The standard InChI is InChI=1S/C24H29ClN4O3S/c1-14(2)17-12-21(32-6)20(11-16(17)5)28-24-26-13-18(25)23(29-24)27-19-9-7-8-10-22(19)33(30,31)15(3)4/h7-15H,1-6H3,(H2,26,27,28,29). The van der Waals surface area contributed by atoms with Crippen molar-refractivity contribution in [2.75, 3.05) is 17.7 Å². The number of benzene rings is 2. The summed E-state index contributed by atoms with van der Waals surface area (Å²) in [6, 6.07) is 10.7. The molecule has 0 radical (unpaired) electrons. The van der Waals surface area contributed by atoms with Crippen LogP contribution in [0.1, 0.15) is 44.7 Å². The Morgan fingerprint density at radius 1 is 1.03 bits per heavy atom. The Kier molecular flexibility index (Phi) is 7.49. The molecule has 0 spiro atoms. The van der Waals surface area contributed by atoms with E-state index in [-0.39, 0.29) is 15.7 Å². The molecule has 3 rings (SSSR count). The highest BCUT2D eigenvalue weighted by atomic mass is 35.5. The molecule has 0 bridgehead atoms. The Morgan fingerprint density at radius 2 is 1.73 bits per heavy atom. The second-order valence-corrected chi connectivity index (χ2v) is 11.2. The Hall–Kier alpha value is -2.84. The molecule has 0 aliphatic heterocycles. The average Bonchev–Trinajstić information content (AvgIpc) is 2.76. The minimum absolute atomic E-state index is 0.186. The van der Waals surface area contributed by atoms with Gasteiger partial charge in [0.25, 0.3) is 0 Å². The number of nitrogens with zero attached hydrogens (tertiary/aromatic N) is 2. The van der Waals surface area contributed by atoms with Crippen molar-refractivity contribution in [2.45, 2.75) is 50.7 Å². The van der Waals surface area contributed by atoms with Crippen LogP contribution in [0.3, 0.4) is 0 Å². The summed E-state index contributed by atoms with van der Waals surface area (Å²) >= 11 is 6.33. The minimum Gasteiger partial charge on any atom is -0.495 e. The van der Waals surface area contributed by atoms with Crippen LogP contribution < -0.4 is 15.4 Å². The first-order valence-corrected chi connectivity index (χ1v) is 12.5. The third-order valence-electron chi connectivity index (χ3n) is 5.27. The maximum atomic E-state index is 12.8. The Morgan fingerprint density at radius 3 is 2.36 bits per heavy atom. The lowest BCUT2D eigenvalue weighted by Crippen LogP contribution is -2.15. The number of nitrogens with one attached hydrogen (secondary N) is 2. The number of anilines is 4. The molecule has 0 atom stereocenters. The van der Waals surface area contributed by atoms with Crippen molar-refractivity contribution in [1.29, 1.82) is 0 Å². The van der Waals surface area contributed by atoms with Gasteiger partial charge >= 0.3 is 0 Å². The zero-order valence-electron chi connectivity index (χ0n) is 19.6. The highest BCUT2D eigenvalue weighted by Gasteiger charge is 2.23. The summed E-state index contributed by atoms with van der Waals surface area (Å²) in [6.07, 6.45) is 1.46. The lowest BCUT2D eigenvalue weighted by atomic mass is 9.97. The third-order valence-corrected chi connectivity index (χ3v) is 7.75. The topological polar surface area (TPSA) is 93.2 Å². The van der Waals surface area contributed by atoms with Gasteiger partial charge in [-0.05, 0) is 62.1 Å². The third kappa shape index (κ3) is 5.39. The Balaban J connectivity index is 1.97. The first-order chi connectivity index (χ1) is 15.5. The van der Waals surface area contributed by atoms with Crippen LogP contribution in [-0.4, -0.2) is 30.7 Å². The van der Waals surface area contributed by atoms with Gasteiger partial charge in [0.1, 0.15) is 10.8 Å². The van der Waals surface area contributed by atoms with Gasteiger partial charge in [0.2, 0.25) is 5.95 Å². The first kappa shape index (κ1) is 24.8. The summed E-state index contributed by atoms with van der Waals surface area (Å²) in [5, 5.41) is 5.93. The van der Waals surface area contributed by atoms with Gasteiger partial charge in [0.15, 0.2) is 15.7 Å². The predicted molar refractivity (Wildman–Crippen MR) is 134 cm³/mol. The Bertz CT molecular complexity index is 1260. The van der Waals surface area contributed by atoms with E-state index in [0.29, 0.717) is 23.3 Å². The van der Waals surface area contributed by atoms with Crippen molar-refractivity contribution in [3.05, 3.63) is 58.7 Å². The number of ether oxygens (including phenoxy) is 1. The van der Waals surface area contributed by atoms with E-state index in [1.165, 1.54) is 11.8 Å². The van der Waals surface area contributed by atoms with E-state index in [9.17, 15) is 8.42 Å². The lowest BCUT2D eigenvalue weighted by Gasteiger charge is -2.17. The number of halogens is 1. The van der Waals surface area contributed by atoms with Gasteiger partial charge in [0.05, 0.1) is 34.8 Å². The molecule has 7 nitrogen and oxygen atoms in total. The zero-order valence-corrected chi connectivity index (χ0v) is 21.2. The number of rotatable bonds is 8. The second-order valence-electron chi connectivity index (χ2n) is 8.29. The molecule has 0 aliphatic rings. The van der Waals surface area contributed by atoms with Crippen LogP contribution >= 0.6 is 11.6 Å². The maximum Gasteiger partial charge on any atom is 0.229 e. The van der Waals surface area contributed by atoms with Crippen LogP contribution in [-0.2, 0) is 9.84 Å². The average molecular weight is 489 g/mol. The fourth-order valence-corrected chi connectivity index (χ4v) is 4.77. The first-order valence-electron chi connectivity index (χ1n) is 10.6. The van der Waals surface area contributed by atoms with Crippen molar-refractivity contribution < 1.29 is 13.2 Å². The Labute approximate surface area is 200 Å². The molecular weight excluding hydrogens is 460 g/mol. The van der Waals surface area contributed by atoms with Crippen molar-refractivity contribution in [2.24, 2.45) is 0 Å². The van der Waals surface area contributed by atoms with E-state index >= 15 is 0 Å². The van der Waals surface area contributed by atoms with Crippen molar-refractivity contribution in [3.8, 4) is 5.75 Å². The van der Waals surface area contributed by atoms with Crippen LogP contribution in [0.25, 0.3) is 0 Å². The number of hydrogen-bond donors (Lipinski definition) is 2. The fraction of sp³-hybridized carbons (Fsp3) is 0.333. The highest BCUT2D eigenvalue weighted by molar-refractivity contribution is 7.92. The molecule has 0 unspecified atom stereocenters. The molecule has 0 amide bonds. The zero-order chi connectivity index (χ0) is 24.3. The minimum atomic E-state index is -3.51. The number of aryl methyl sites for hydroxylation is 1. The molecule has 1 heterocycles. The van der Waals surface area contributed by atoms with Crippen LogP contribution in [0.4, 0.5) is 23.1 Å². The van der Waals surface area contributed by atoms with Gasteiger partial charge in [-0.3, -0.25) is 0 Å². The molecule has 2 aromatic carbocycles. The summed E-state index contributed by atoms with van der Waals surface area (Å²) in [5.74, 6) is 1.61. The number of para-hydroxylation sites is 1. The SMILES string of the molecule is COc1cc(C(C)C)c(C)cc1Nc1ncc(Cl)c(Nc2ccccc2S(=O)(=O)C(C)C)n1. The normalized spacial score (nSPS) is 11.7. The molecule has 33 heavy (non-hydrogen) atoms. The summed E-state index contributed by atoms with van der Waals surface area (Å²) < 4.78 is 31.1. The van der Waals surface area contributed by atoms with Crippen LogP contribution in [0, 0.1) is 6.92 Å². The number of methoxy groups -OCH3 is 1. The number of hydrogen-bond acceptors (Lipinski definition) is 7. The van der Waals surface area contributed by atoms with Gasteiger partial charge < -0.3 is 15.4 Å². The van der Waals surface area contributed by atoms with Crippen LogP contribution in [0.15, 0.2) is 47.5 Å². The van der Waals surface area contributed by atoms with Gasteiger partial charge in [-0.2, -0.15) is 4.98 Å². The molecule has 0 fully saturated rings. The van der Waals surface area contributed by atoms with Gasteiger partial charge in [-0.15, -0.1) is 0 Å². The molecule has 9 heteroatoms. The molecule has 0 saturated carbocycles. The summed E-state index contributed by atoms with van der Waals surface area (Å²) in [6.45, 7) is 9.60. The van der Waals surface area contributed by atoms with Gasteiger partial charge in [-0.1, -0.05) is 37.6 Å². The highest BCUT2D eigenvalue weighted by Crippen LogP contribution is 2.34. The van der Waals surface area contributed by atoms with Crippen LogP contribution in [0.2, 0.25) is 5.02 Å². The van der Waals surface area contributed by atoms with Crippen LogP contribution in [0.5, 0.6) is 5.75 Å². The lowest BCUT2D eigenvalue weighted by molar-refractivity contribution is 0.416. The maximum absolute atomic E-state index is 12.8. The van der Waals surface area contributed by atoms with Gasteiger partial charge in [0, 0.05) is 0 Å². The van der Waals surface area contributed by atoms with Crippen molar-refractivity contribution >= 4 is 44.6 Å². The summed E-state index contributed by atoms with van der Waals surface area (Å²) in [7, 11) is -1.89. The molecule has 176 valence electrons. The molecule has 1 aromatic heterocycles. The number of sulfone groups is 1. The van der Waals surface area contributed by atoms with E-state index in [4.69, 9.17) is 16.3 Å². The van der Waals surface area contributed by atoms with Crippen molar-refractivity contribution in [1.82, 2.24) is 9.97 Å². The van der Waals surface area contributed by atoms with E-state index in [1.54, 1.807) is 45.2 Å². The predicted octanol–water partition coefficient (Wildman–Crippen LogP) is 6.24. The van der Waals surface area contributed by atoms with Gasteiger partial charge in [-0.25, -0.2) is 13.4 Å². The quantitative estimate of drug-likeness (QED) is 0.387. The monoisotopic (exact) mass is 488 g/mol. The largest absolute Gasteiger partial charge is 0.495 e. The van der Waals surface area contributed by atoms with Crippen molar-refractivity contribution in [3.63, 3.8) is 0 Å². The van der Waals surface area contributed by atoms with E-state index in [2.05, 4.69) is 34.4 Å².